The summed E-state index contributed by atoms with van der Waals surface area (Å²) in [7, 11) is -1.46. The molecule has 0 aliphatic heterocycles. The zero-order valence-corrected chi connectivity index (χ0v) is 72.8. The number of nitrogens with one attached hydrogen (secondary N) is 1. The summed E-state index contributed by atoms with van der Waals surface area (Å²) < 4.78 is 12.9. The fraction of sp³-hybridized carbons (Fsp3) is 0. The van der Waals surface area contributed by atoms with Gasteiger partial charge in [-0.1, -0.05) is 317 Å². The minimum absolute atomic E-state index is 0. The molecule has 0 aliphatic carbocycles. The fourth-order valence-corrected chi connectivity index (χ4v) is 19.8. The number of nitrogens with zero attached hydrogens (tertiary/aromatic N) is 4. The van der Waals surface area contributed by atoms with Gasteiger partial charge in [0.1, 0.15) is 0 Å². The van der Waals surface area contributed by atoms with Crippen LogP contribution in [0.4, 0.5) is 0 Å². The topological polar surface area (TPSA) is 76.0 Å². The molecule has 26 rings (SSSR count). The number of hydrogen-bond acceptors (Lipinski definition) is 2. The highest BCUT2D eigenvalue weighted by Gasteiger charge is 2.23. The minimum atomic E-state index is -1.46. The summed E-state index contributed by atoms with van der Waals surface area (Å²) in [5.74, 6) is 0. The summed E-state index contributed by atoms with van der Waals surface area (Å²) >= 11 is 9.18. The Hall–Kier alpha value is -14.1. The summed E-state index contributed by atoms with van der Waals surface area (Å²) in [6, 6.07) is 155. The molecule has 594 valence electrons. The Morgan fingerprint density at radius 1 is 0.224 bits per heavy atom. The minimum Gasteiger partial charge on any atom is -1.00 e. The van der Waals surface area contributed by atoms with Crippen LogP contribution in [0.25, 0.3) is 208 Å². The number of rotatable bonds is 6. The van der Waals surface area contributed by atoms with Gasteiger partial charge in [-0.15, -0.1) is 0 Å². The molecule has 0 bridgehead atoms. The van der Waals surface area contributed by atoms with E-state index < -0.39 is 7.12 Å². The van der Waals surface area contributed by atoms with Crippen LogP contribution in [-0.2, 0) is 0 Å². The molecule has 5 heterocycles. The number of para-hydroxylation sites is 4. The first kappa shape index (κ1) is 76.9. The summed E-state index contributed by atoms with van der Waals surface area (Å²) in [5, 5.41) is 46.9. The van der Waals surface area contributed by atoms with Crippen LogP contribution in [0, 0.1) is 3.57 Å². The monoisotopic (exact) mass is 1840 g/mol. The first-order valence-corrected chi connectivity index (χ1v) is 44.6. The third-order valence-electron chi connectivity index (χ3n) is 24.5. The van der Waals surface area contributed by atoms with Crippen molar-refractivity contribution in [2.45, 2.75) is 0 Å². The maximum Gasteiger partial charge on any atom is 0.488 e. The van der Waals surface area contributed by atoms with E-state index in [1.807, 2.05) is 54.6 Å². The lowest BCUT2D eigenvalue weighted by molar-refractivity contribution is 0.426. The van der Waals surface area contributed by atoms with E-state index in [9.17, 15) is 10.0 Å². The van der Waals surface area contributed by atoms with Gasteiger partial charge in [-0.3, -0.25) is 0 Å². The smallest absolute Gasteiger partial charge is 0.488 e. The Labute approximate surface area is 752 Å². The first-order valence-electron chi connectivity index (χ1n) is 41.9. The van der Waals surface area contributed by atoms with Gasteiger partial charge >= 0.3 is 7.12 Å². The number of fused-ring (bicyclic) bond motifs is 27. The molecule has 0 saturated heterocycles. The van der Waals surface area contributed by atoms with Crippen molar-refractivity contribution in [3.8, 4) is 33.9 Å². The molecule has 0 fully saturated rings. The van der Waals surface area contributed by atoms with Gasteiger partial charge in [0.2, 0.25) is 0 Å². The van der Waals surface area contributed by atoms with Crippen LogP contribution in [-0.4, -0.2) is 40.4 Å². The van der Waals surface area contributed by atoms with Gasteiger partial charge in [-0.25, -0.2) is 0 Å². The van der Waals surface area contributed by atoms with Crippen LogP contribution in [0.15, 0.2) is 446 Å². The molecular formula is C114H76BBr2IN5O2-. The lowest BCUT2D eigenvalue weighted by atomic mass is 9.80. The molecule has 7 nitrogen and oxygen atoms in total. The maximum absolute atomic E-state index is 9.43. The number of hydrogen-bond donors (Lipinski definition) is 3. The molecule has 5 aromatic heterocycles. The predicted octanol–water partition coefficient (Wildman–Crippen LogP) is 31.0. The van der Waals surface area contributed by atoms with E-state index in [0.29, 0.717) is 5.46 Å². The SMILES string of the molecule is Brc1ccc(-n2c3ccc4ccccc4c3c3c4ccccc4ccc32)cc1.Brc1ccc(I)cc1.OB(O)c1ccc2c(c1)c1ccccc1n2-c1ccccc1.[H-].c1ccc(-n2c3ccccc3c3cc(-c4ccc(-n5c6ccc7ccccc7c6c6c7ccccc7ccc65)cc4)ccc32)cc1.c1ccc2c(c1)ccc1[nH]c3ccc4ccccc4c3c12. The van der Waals surface area contributed by atoms with Gasteiger partial charge in [0.15, 0.2) is 0 Å². The Morgan fingerprint density at radius 2 is 0.496 bits per heavy atom. The van der Waals surface area contributed by atoms with Crippen molar-refractivity contribution in [2.24, 2.45) is 0 Å². The molecule has 0 saturated carbocycles. The van der Waals surface area contributed by atoms with Gasteiger partial charge in [0.25, 0.3) is 0 Å². The molecule has 0 aliphatic rings. The Morgan fingerprint density at radius 3 is 0.872 bits per heavy atom. The summed E-state index contributed by atoms with van der Waals surface area (Å²) in [5.41, 5.74) is 19.5. The number of H-pyrrole nitrogens is 1. The van der Waals surface area contributed by atoms with E-state index in [2.05, 4.69) is 454 Å². The van der Waals surface area contributed by atoms with Gasteiger partial charge in [0.05, 0.1) is 44.1 Å². The van der Waals surface area contributed by atoms with Crippen molar-refractivity contribution in [2.75, 3.05) is 0 Å². The highest BCUT2D eigenvalue weighted by atomic mass is 127. The van der Waals surface area contributed by atoms with Crippen LogP contribution in [0.2, 0.25) is 0 Å². The van der Waals surface area contributed by atoms with Crippen molar-refractivity contribution in [3.63, 3.8) is 0 Å². The second-order valence-corrected chi connectivity index (χ2v) is 34.7. The molecule has 0 radical (unpaired) electrons. The molecule has 21 aromatic carbocycles. The standard InChI is InChI=1S/C44H28N2.C26H16BrN.C20H13N.C18H14BNO2.C6H4BrI.H/c1-2-12-33(13-3-1)45-39-17-9-8-16-37(39)38-28-32(22-25-40(38)45)29-18-23-34(24-19-29)46-41-26-20-30-10-4-6-14-35(30)43(41)44-36-15-7-5-11-31(36)21-27-42(44)46;27-19-11-13-20(14-12-19)28-23-15-9-17-5-1-3-7-21(17)25(23)26-22-8-4-2-6-18(22)10-16-24(26)28;1-3-7-15-13(5-1)9-11-17-19(15)20-16-8-4-2-6-14(16)10-12-18(20)21-17;21-19(22)13-10-11-18-16(12-13)15-8-4-5-9-17(15)20(18)14-6-2-1-3-7-14;7-5-1-3-6(8)4-2-5;/h1-28H;1-16H;1-12,21H;1-12,21-22H;1-4H;/q;;;;;-1. The van der Waals surface area contributed by atoms with Crippen LogP contribution in [0.3, 0.4) is 0 Å². The second-order valence-electron chi connectivity index (χ2n) is 31.7. The van der Waals surface area contributed by atoms with Crippen molar-refractivity contribution >= 4 is 241 Å². The summed E-state index contributed by atoms with van der Waals surface area (Å²) in [6.07, 6.45) is 0. The Balaban J connectivity index is 0.000000104. The molecular weight excluding hydrogens is 1770 g/mol. The molecule has 0 unspecified atom stereocenters. The van der Waals surface area contributed by atoms with E-state index in [-0.39, 0.29) is 1.43 Å². The lowest BCUT2D eigenvalue weighted by Crippen LogP contribution is -2.29. The van der Waals surface area contributed by atoms with Crippen LogP contribution in [0.1, 0.15) is 1.43 Å². The molecule has 125 heavy (non-hydrogen) atoms. The molecule has 26 aromatic rings. The molecule has 11 heteroatoms. The maximum atomic E-state index is 9.43. The highest BCUT2D eigenvalue weighted by molar-refractivity contribution is 14.1. The molecule has 0 spiro atoms. The van der Waals surface area contributed by atoms with Crippen molar-refractivity contribution < 1.29 is 11.5 Å². The van der Waals surface area contributed by atoms with Crippen molar-refractivity contribution in [3.05, 3.63) is 449 Å². The summed E-state index contributed by atoms with van der Waals surface area (Å²) in [4.78, 5) is 3.56. The van der Waals surface area contributed by atoms with E-state index in [0.717, 1.165) is 42.1 Å². The average molecular weight is 1850 g/mol. The molecule has 0 atom stereocenters. The Kier molecular flexibility index (Phi) is 20.1. The third kappa shape index (κ3) is 13.8. The number of aromatic amines is 1. The van der Waals surface area contributed by atoms with Gasteiger partial charge in [-0.05, 0) is 255 Å². The number of benzene rings is 21. The zero-order valence-electron chi connectivity index (χ0n) is 68.5. The van der Waals surface area contributed by atoms with E-state index in [1.165, 1.54) is 178 Å². The normalized spacial score (nSPS) is 11.6. The predicted molar refractivity (Wildman–Crippen MR) is 548 cm³/mol. The van der Waals surface area contributed by atoms with Crippen molar-refractivity contribution in [1.82, 2.24) is 23.3 Å². The van der Waals surface area contributed by atoms with Gasteiger partial charge < -0.3 is 34.7 Å². The molecule has 0 amide bonds. The first-order chi connectivity index (χ1) is 61.6. The fourth-order valence-electron chi connectivity index (χ4n) is 18.9. The van der Waals surface area contributed by atoms with Gasteiger partial charge in [0, 0.05) is 100 Å². The number of halogens is 3. The quantitative estimate of drug-likeness (QED) is 0.115. The van der Waals surface area contributed by atoms with Gasteiger partial charge in [-0.2, -0.15) is 0 Å². The van der Waals surface area contributed by atoms with Crippen LogP contribution in [0.5, 0.6) is 0 Å². The zero-order chi connectivity index (χ0) is 83.8. The van der Waals surface area contributed by atoms with E-state index in [1.54, 1.807) is 6.07 Å². The Bertz CT molecular complexity index is 8390. The highest BCUT2D eigenvalue weighted by Crippen LogP contribution is 2.45. The lowest BCUT2D eigenvalue weighted by Gasteiger charge is -2.11. The number of aromatic nitrogens is 5. The van der Waals surface area contributed by atoms with Crippen molar-refractivity contribution in [1.29, 1.82) is 0 Å². The largest absolute Gasteiger partial charge is 1.00 e. The molecule has 3 N–H and O–H groups in total. The second kappa shape index (κ2) is 32.6. The van der Waals surface area contributed by atoms with E-state index >= 15 is 0 Å². The van der Waals surface area contributed by atoms with Crippen LogP contribution < -0.4 is 5.46 Å². The summed E-state index contributed by atoms with van der Waals surface area (Å²) in [6.45, 7) is 0. The average Bonchev–Trinajstić information content (AvgIpc) is 1.56. The van der Waals surface area contributed by atoms with E-state index in [4.69, 9.17) is 0 Å². The third-order valence-corrected chi connectivity index (χ3v) is 26.3. The van der Waals surface area contributed by atoms with Crippen LogP contribution >= 0.6 is 54.5 Å².